The Labute approximate surface area is 137 Å². The number of benzene rings is 2. The van der Waals surface area contributed by atoms with Crippen molar-refractivity contribution in [2.45, 2.75) is 20.3 Å². The van der Waals surface area contributed by atoms with E-state index in [9.17, 15) is 20.0 Å². The van der Waals surface area contributed by atoms with Crippen LogP contribution in [0.1, 0.15) is 22.3 Å². The van der Waals surface area contributed by atoms with Gasteiger partial charge in [-0.25, -0.2) is 4.79 Å². The lowest BCUT2D eigenvalue weighted by molar-refractivity contribution is -0.385. The van der Waals surface area contributed by atoms with Gasteiger partial charge in [-0.15, -0.1) is 0 Å². The van der Waals surface area contributed by atoms with Crippen LogP contribution < -0.4 is 5.63 Å². The van der Waals surface area contributed by atoms with Crippen LogP contribution in [0.2, 0.25) is 0 Å². The van der Waals surface area contributed by atoms with Gasteiger partial charge in [-0.1, -0.05) is 12.1 Å². The number of nitrogens with zero attached hydrogens (tertiary/aromatic N) is 1. The van der Waals surface area contributed by atoms with Crippen molar-refractivity contribution >= 4 is 16.7 Å². The number of phenolic OH excluding ortho intramolecular Hbond substituents is 1. The molecule has 0 radical (unpaired) electrons. The van der Waals surface area contributed by atoms with Gasteiger partial charge in [0, 0.05) is 35.1 Å². The van der Waals surface area contributed by atoms with Gasteiger partial charge in [0.05, 0.1) is 4.92 Å². The Morgan fingerprint density at radius 3 is 2.62 bits per heavy atom. The van der Waals surface area contributed by atoms with Gasteiger partial charge in [-0.3, -0.25) is 10.1 Å². The average molecular weight is 325 g/mol. The second kappa shape index (κ2) is 5.81. The van der Waals surface area contributed by atoms with Crippen LogP contribution in [0, 0.1) is 24.0 Å². The van der Waals surface area contributed by atoms with Gasteiger partial charge < -0.3 is 9.52 Å². The second-order valence-corrected chi connectivity index (χ2v) is 5.67. The highest BCUT2D eigenvalue weighted by atomic mass is 16.6. The Hall–Kier alpha value is -3.15. The molecule has 0 spiro atoms. The highest BCUT2D eigenvalue weighted by Gasteiger charge is 2.17. The summed E-state index contributed by atoms with van der Waals surface area (Å²) in [5, 5.41) is 21.3. The number of rotatable bonds is 3. The van der Waals surface area contributed by atoms with Crippen LogP contribution in [0.3, 0.4) is 0 Å². The standard InChI is InChI=1S/C18H15NO5/c1-10-12(4-3-5-16(10)19(22)23)8-15-11(2)14-7-6-13(20)9-17(14)24-18(15)21/h3-7,9,20H,8H2,1-2H3. The molecule has 3 aromatic rings. The summed E-state index contributed by atoms with van der Waals surface area (Å²) in [6.45, 7) is 3.47. The van der Waals surface area contributed by atoms with Crippen molar-refractivity contribution in [3.05, 3.63) is 79.2 Å². The van der Waals surface area contributed by atoms with E-state index in [0.29, 0.717) is 22.3 Å². The predicted octanol–water partition coefficient (Wildman–Crippen LogP) is 3.61. The molecule has 2 aromatic carbocycles. The highest BCUT2D eigenvalue weighted by molar-refractivity contribution is 5.82. The van der Waals surface area contributed by atoms with E-state index >= 15 is 0 Å². The molecule has 1 N–H and O–H groups in total. The Morgan fingerprint density at radius 1 is 1.17 bits per heavy atom. The zero-order valence-corrected chi connectivity index (χ0v) is 13.2. The summed E-state index contributed by atoms with van der Waals surface area (Å²) in [5.74, 6) is 0.0207. The predicted molar refractivity (Wildman–Crippen MR) is 89.5 cm³/mol. The summed E-state index contributed by atoms with van der Waals surface area (Å²) < 4.78 is 5.29. The molecule has 0 unspecified atom stereocenters. The van der Waals surface area contributed by atoms with Gasteiger partial charge in [0.15, 0.2) is 0 Å². The molecule has 1 heterocycles. The van der Waals surface area contributed by atoms with Gasteiger partial charge >= 0.3 is 5.63 Å². The molecular formula is C18H15NO5. The van der Waals surface area contributed by atoms with E-state index in [1.165, 1.54) is 18.2 Å². The molecule has 0 aliphatic heterocycles. The van der Waals surface area contributed by atoms with Gasteiger partial charge in [-0.05, 0) is 37.1 Å². The van der Waals surface area contributed by atoms with Gasteiger partial charge in [0.25, 0.3) is 5.69 Å². The van der Waals surface area contributed by atoms with E-state index in [-0.39, 0.29) is 17.9 Å². The lowest BCUT2D eigenvalue weighted by atomic mass is 9.96. The maximum atomic E-state index is 12.3. The van der Waals surface area contributed by atoms with E-state index in [2.05, 4.69) is 0 Å². The van der Waals surface area contributed by atoms with Crippen molar-refractivity contribution < 1.29 is 14.4 Å². The quantitative estimate of drug-likeness (QED) is 0.451. The SMILES string of the molecule is Cc1c(Cc2c(C)c3ccc(O)cc3oc2=O)cccc1[N+](=O)[O-]. The lowest BCUT2D eigenvalue weighted by Gasteiger charge is -2.10. The first-order valence-electron chi connectivity index (χ1n) is 7.36. The maximum Gasteiger partial charge on any atom is 0.340 e. The number of hydrogen-bond acceptors (Lipinski definition) is 5. The zero-order valence-electron chi connectivity index (χ0n) is 13.2. The molecule has 0 bridgehead atoms. The maximum absolute atomic E-state index is 12.3. The second-order valence-electron chi connectivity index (χ2n) is 5.67. The smallest absolute Gasteiger partial charge is 0.340 e. The molecule has 6 nitrogen and oxygen atoms in total. The summed E-state index contributed by atoms with van der Waals surface area (Å²) in [6.07, 6.45) is 0.249. The summed E-state index contributed by atoms with van der Waals surface area (Å²) in [6, 6.07) is 9.42. The van der Waals surface area contributed by atoms with Gasteiger partial charge in [0.1, 0.15) is 11.3 Å². The molecular weight excluding hydrogens is 310 g/mol. The van der Waals surface area contributed by atoms with E-state index < -0.39 is 10.5 Å². The van der Waals surface area contributed by atoms with Crippen molar-refractivity contribution in [3.63, 3.8) is 0 Å². The lowest BCUT2D eigenvalue weighted by Crippen LogP contribution is -2.11. The minimum absolute atomic E-state index is 0.0207. The van der Waals surface area contributed by atoms with Crippen molar-refractivity contribution in [2.75, 3.05) is 0 Å². The monoisotopic (exact) mass is 325 g/mol. The Bertz CT molecular complexity index is 1020. The molecule has 0 amide bonds. The fourth-order valence-corrected chi connectivity index (χ4v) is 2.84. The van der Waals surface area contributed by atoms with Crippen LogP contribution >= 0.6 is 0 Å². The normalized spacial score (nSPS) is 10.9. The molecule has 24 heavy (non-hydrogen) atoms. The number of fused-ring (bicyclic) bond motifs is 1. The summed E-state index contributed by atoms with van der Waals surface area (Å²) in [5.41, 5.74) is 2.28. The topological polar surface area (TPSA) is 93.6 Å². The molecule has 0 atom stereocenters. The van der Waals surface area contributed by atoms with Gasteiger partial charge in [-0.2, -0.15) is 0 Å². The van der Waals surface area contributed by atoms with Crippen LogP contribution in [0.15, 0.2) is 45.6 Å². The van der Waals surface area contributed by atoms with E-state index in [0.717, 1.165) is 10.9 Å². The summed E-state index contributed by atoms with van der Waals surface area (Å²) >= 11 is 0. The fraction of sp³-hybridized carbons (Fsp3) is 0.167. The minimum Gasteiger partial charge on any atom is -0.508 e. The third-order valence-electron chi connectivity index (χ3n) is 4.25. The Balaban J connectivity index is 2.15. The number of hydrogen-bond donors (Lipinski definition) is 1. The van der Waals surface area contributed by atoms with Crippen LogP contribution in [-0.4, -0.2) is 10.0 Å². The molecule has 0 aliphatic rings. The number of phenols is 1. The molecule has 6 heteroatoms. The third kappa shape index (κ3) is 2.62. The highest BCUT2D eigenvalue weighted by Crippen LogP contribution is 2.27. The number of aryl methyl sites for hydroxylation is 1. The number of nitro benzene ring substituents is 1. The molecule has 0 saturated heterocycles. The van der Waals surface area contributed by atoms with Crippen LogP contribution in [0.25, 0.3) is 11.0 Å². The van der Waals surface area contributed by atoms with E-state index in [1.54, 1.807) is 32.0 Å². The Morgan fingerprint density at radius 2 is 1.92 bits per heavy atom. The Kier molecular flexibility index (Phi) is 3.81. The minimum atomic E-state index is -0.503. The van der Waals surface area contributed by atoms with Crippen molar-refractivity contribution in [2.24, 2.45) is 0 Å². The number of nitro groups is 1. The van der Waals surface area contributed by atoms with Crippen molar-refractivity contribution in [1.29, 1.82) is 0 Å². The summed E-state index contributed by atoms with van der Waals surface area (Å²) in [7, 11) is 0. The molecule has 3 rings (SSSR count). The molecule has 0 aliphatic carbocycles. The van der Waals surface area contributed by atoms with Crippen LogP contribution in [-0.2, 0) is 6.42 Å². The molecule has 1 aromatic heterocycles. The van der Waals surface area contributed by atoms with E-state index in [1.807, 2.05) is 0 Å². The first kappa shape index (κ1) is 15.7. The van der Waals surface area contributed by atoms with Crippen molar-refractivity contribution in [3.8, 4) is 5.75 Å². The van der Waals surface area contributed by atoms with Crippen LogP contribution in [0.5, 0.6) is 5.75 Å². The fourth-order valence-electron chi connectivity index (χ4n) is 2.84. The molecule has 122 valence electrons. The van der Waals surface area contributed by atoms with E-state index in [4.69, 9.17) is 4.42 Å². The number of aromatic hydroxyl groups is 1. The summed E-state index contributed by atoms with van der Waals surface area (Å²) in [4.78, 5) is 23.0. The third-order valence-corrected chi connectivity index (χ3v) is 4.25. The largest absolute Gasteiger partial charge is 0.508 e. The first-order chi connectivity index (χ1) is 11.4. The van der Waals surface area contributed by atoms with Crippen molar-refractivity contribution in [1.82, 2.24) is 0 Å². The van der Waals surface area contributed by atoms with Crippen LogP contribution in [0.4, 0.5) is 5.69 Å². The first-order valence-corrected chi connectivity index (χ1v) is 7.36. The molecule has 0 fully saturated rings. The van der Waals surface area contributed by atoms with Gasteiger partial charge in [0.2, 0.25) is 0 Å². The zero-order chi connectivity index (χ0) is 17.4. The molecule has 0 saturated carbocycles. The average Bonchev–Trinajstić information content (AvgIpc) is 2.52.